The first kappa shape index (κ1) is 20.7. The van der Waals surface area contributed by atoms with Gasteiger partial charge in [0.2, 0.25) is 5.91 Å². The molecule has 7 nitrogen and oxygen atoms in total. The van der Waals surface area contributed by atoms with Crippen LogP contribution in [0, 0.1) is 0 Å². The largest absolute Gasteiger partial charge is 0.485 e. The molecule has 0 spiro atoms. The number of nitrogens with one attached hydrogen (secondary N) is 1. The Bertz CT molecular complexity index is 996. The van der Waals surface area contributed by atoms with Gasteiger partial charge in [-0.1, -0.05) is 48.2 Å². The van der Waals surface area contributed by atoms with Gasteiger partial charge in [-0.15, -0.1) is 10.2 Å². The van der Waals surface area contributed by atoms with Gasteiger partial charge in [0, 0.05) is 25.1 Å². The van der Waals surface area contributed by atoms with Crippen molar-refractivity contribution in [2.45, 2.75) is 44.2 Å². The third-order valence-corrected chi connectivity index (χ3v) is 6.07. The van der Waals surface area contributed by atoms with Crippen LogP contribution in [-0.4, -0.2) is 45.7 Å². The van der Waals surface area contributed by atoms with Crippen molar-refractivity contribution in [1.29, 1.82) is 0 Å². The molecule has 0 aliphatic carbocycles. The summed E-state index contributed by atoms with van der Waals surface area (Å²) in [4.78, 5) is 12.1. The molecule has 158 valence electrons. The average Bonchev–Trinajstić information content (AvgIpc) is 3.44. The highest BCUT2D eigenvalue weighted by Gasteiger charge is 2.17. The lowest BCUT2D eigenvalue weighted by Gasteiger charge is -2.11. The number of aromatic nitrogens is 3. The number of carbonyl (C=O) groups is 1. The SMILES string of the molecule is CCn1c(COc2cccc3ccccc23)nnc1SCC(=O)NCC1CCCO1. The molecule has 2 heterocycles. The predicted octanol–water partition coefficient (Wildman–Crippen LogP) is 3.42. The minimum absolute atomic E-state index is 0.0188. The maximum atomic E-state index is 12.1. The fourth-order valence-electron chi connectivity index (χ4n) is 3.53. The molecule has 0 radical (unpaired) electrons. The third kappa shape index (κ3) is 4.94. The van der Waals surface area contributed by atoms with E-state index in [1.54, 1.807) is 0 Å². The van der Waals surface area contributed by atoms with Crippen molar-refractivity contribution in [3.63, 3.8) is 0 Å². The van der Waals surface area contributed by atoms with Gasteiger partial charge in [-0.3, -0.25) is 4.79 Å². The molecule has 1 N–H and O–H groups in total. The minimum Gasteiger partial charge on any atom is -0.485 e. The van der Waals surface area contributed by atoms with Crippen molar-refractivity contribution in [2.75, 3.05) is 18.9 Å². The van der Waals surface area contributed by atoms with Crippen LogP contribution >= 0.6 is 11.8 Å². The number of amides is 1. The Kier molecular flexibility index (Phi) is 6.86. The van der Waals surface area contributed by atoms with E-state index < -0.39 is 0 Å². The van der Waals surface area contributed by atoms with Crippen molar-refractivity contribution >= 4 is 28.4 Å². The highest BCUT2D eigenvalue weighted by molar-refractivity contribution is 7.99. The molecule has 2 aromatic carbocycles. The molecule has 1 aromatic heterocycles. The number of hydrogen-bond acceptors (Lipinski definition) is 6. The molecule has 1 amide bonds. The van der Waals surface area contributed by atoms with Crippen LogP contribution in [0.25, 0.3) is 10.8 Å². The van der Waals surface area contributed by atoms with Gasteiger partial charge in [0.25, 0.3) is 0 Å². The van der Waals surface area contributed by atoms with Crippen LogP contribution in [0.15, 0.2) is 47.6 Å². The number of benzene rings is 2. The summed E-state index contributed by atoms with van der Waals surface area (Å²) < 4.78 is 13.6. The smallest absolute Gasteiger partial charge is 0.230 e. The predicted molar refractivity (Wildman–Crippen MR) is 117 cm³/mol. The van der Waals surface area contributed by atoms with Gasteiger partial charge in [0.15, 0.2) is 11.0 Å². The zero-order chi connectivity index (χ0) is 20.8. The highest BCUT2D eigenvalue weighted by Crippen LogP contribution is 2.26. The van der Waals surface area contributed by atoms with Crippen molar-refractivity contribution in [2.24, 2.45) is 0 Å². The topological polar surface area (TPSA) is 78.3 Å². The number of nitrogens with zero attached hydrogens (tertiary/aromatic N) is 3. The molecule has 1 aliphatic heterocycles. The van der Waals surface area contributed by atoms with E-state index in [-0.39, 0.29) is 12.0 Å². The Morgan fingerprint density at radius 2 is 2.13 bits per heavy atom. The van der Waals surface area contributed by atoms with Gasteiger partial charge in [-0.25, -0.2) is 0 Å². The molecule has 1 aliphatic rings. The first-order valence-corrected chi connectivity index (χ1v) is 11.3. The summed E-state index contributed by atoms with van der Waals surface area (Å²) in [5.41, 5.74) is 0. The first-order valence-electron chi connectivity index (χ1n) is 10.3. The number of fused-ring (bicyclic) bond motifs is 1. The van der Waals surface area contributed by atoms with E-state index >= 15 is 0 Å². The number of carbonyl (C=O) groups excluding carboxylic acids is 1. The van der Waals surface area contributed by atoms with Crippen molar-refractivity contribution < 1.29 is 14.3 Å². The fourth-order valence-corrected chi connectivity index (χ4v) is 4.38. The van der Waals surface area contributed by atoms with E-state index in [2.05, 4.69) is 27.6 Å². The van der Waals surface area contributed by atoms with Crippen LogP contribution in [0.2, 0.25) is 0 Å². The van der Waals surface area contributed by atoms with Crippen LogP contribution in [-0.2, 0) is 22.7 Å². The summed E-state index contributed by atoms with van der Waals surface area (Å²) in [7, 11) is 0. The van der Waals surface area contributed by atoms with Gasteiger partial charge in [0.1, 0.15) is 12.4 Å². The maximum Gasteiger partial charge on any atom is 0.230 e. The number of ether oxygens (including phenoxy) is 2. The molecule has 30 heavy (non-hydrogen) atoms. The minimum atomic E-state index is -0.0188. The summed E-state index contributed by atoms with van der Waals surface area (Å²) in [6, 6.07) is 14.1. The molecule has 8 heteroatoms. The van der Waals surface area contributed by atoms with E-state index in [4.69, 9.17) is 9.47 Å². The Morgan fingerprint density at radius 1 is 1.27 bits per heavy atom. The number of rotatable bonds is 9. The Morgan fingerprint density at radius 3 is 2.97 bits per heavy atom. The standard InChI is InChI=1S/C22H26N4O3S/c1-2-26-20(14-29-19-11-5-8-16-7-3-4-10-18(16)19)24-25-22(26)30-15-21(27)23-13-17-9-6-12-28-17/h3-5,7-8,10-11,17H,2,6,9,12-15H2,1H3,(H,23,27). The Labute approximate surface area is 180 Å². The fraction of sp³-hybridized carbons (Fsp3) is 0.409. The average molecular weight is 427 g/mol. The summed E-state index contributed by atoms with van der Waals surface area (Å²) in [6.07, 6.45) is 2.23. The maximum absolute atomic E-state index is 12.1. The normalized spacial score (nSPS) is 16.1. The Hall–Kier alpha value is -2.58. The van der Waals surface area contributed by atoms with E-state index in [0.29, 0.717) is 25.4 Å². The van der Waals surface area contributed by atoms with E-state index in [9.17, 15) is 4.79 Å². The molecule has 1 saturated heterocycles. The van der Waals surface area contributed by atoms with Crippen molar-refractivity contribution in [3.05, 3.63) is 48.3 Å². The van der Waals surface area contributed by atoms with Crippen LogP contribution in [0.3, 0.4) is 0 Å². The molecule has 4 rings (SSSR count). The van der Waals surface area contributed by atoms with Gasteiger partial charge >= 0.3 is 0 Å². The molecule has 0 bridgehead atoms. The van der Waals surface area contributed by atoms with Gasteiger partial charge in [-0.2, -0.15) is 0 Å². The van der Waals surface area contributed by atoms with Gasteiger partial charge in [-0.05, 0) is 31.2 Å². The summed E-state index contributed by atoms with van der Waals surface area (Å²) in [5.74, 6) is 1.85. The second-order valence-corrected chi connectivity index (χ2v) is 8.08. The van der Waals surface area contributed by atoms with E-state index in [1.807, 2.05) is 41.8 Å². The van der Waals surface area contributed by atoms with Crippen molar-refractivity contribution in [1.82, 2.24) is 20.1 Å². The lowest BCUT2D eigenvalue weighted by molar-refractivity contribution is -0.119. The van der Waals surface area contributed by atoms with Gasteiger partial charge < -0.3 is 19.4 Å². The summed E-state index contributed by atoms with van der Waals surface area (Å²) in [5, 5.41) is 14.4. The Balaban J connectivity index is 1.34. The number of hydrogen-bond donors (Lipinski definition) is 1. The van der Waals surface area contributed by atoms with Crippen molar-refractivity contribution in [3.8, 4) is 5.75 Å². The molecule has 3 aromatic rings. The number of thioether (sulfide) groups is 1. The highest BCUT2D eigenvalue weighted by atomic mass is 32.2. The lowest BCUT2D eigenvalue weighted by atomic mass is 10.1. The zero-order valence-corrected chi connectivity index (χ0v) is 17.9. The first-order chi connectivity index (χ1) is 14.7. The van der Waals surface area contributed by atoms with E-state index in [0.717, 1.165) is 47.0 Å². The van der Waals surface area contributed by atoms with Crippen LogP contribution < -0.4 is 10.1 Å². The molecule has 1 unspecified atom stereocenters. The second kappa shape index (κ2) is 9.95. The quantitative estimate of drug-likeness (QED) is 0.528. The van der Waals surface area contributed by atoms with E-state index in [1.165, 1.54) is 11.8 Å². The van der Waals surface area contributed by atoms with Crippen LogP contribution in [0.5, 0.6) is 5.75 Å². The lowest BCUT2D eigenvalue weighted by Crippen LogP contribution is -2.32. The molecule has 1 fully saturated rings. The summed E-state index contributed by atoms with van der Waals surface area (Å²) >= 11 is 1.39. The second-order valence-electron chi connectivity index (χ2n) is 7.14. The molecular formula is C22H26N4O3S. The van der Waals surface area contributed by atoms with Crippen LogP contribution in [0.1, 0.15) is 25.6 Å². The zero-order valence-electron chi connectivity index (χ0n) is 17.0. The third-order valence-electron chi connectivity index (χ3n) is 5.10. The summed E-state index contributed by atoms with van der Waals surface area (Å²) in [6.45, 7) is 4.43. The molecule has 0 saturated carbocycles. The van der Waals surface area contributed by atoms with Crippen LogP contribution in [0.4, 0.5) is 0 Å². The monoisotopic (exact) mass is 426 g/mol. The molecule has 1 atom stereocenters. The molecular weight excluding hydrogens is 400 g/mol. The van der Waals surface area contributed by atoms with Gasteiger partial charge in [0.05, 0.1) is 11.9 Å².